The van der Waals surface area contributed by atoms with Crippen molar-refractivity contribution in [1.82, 2.24) is 0 Å². The fraction of sp³-hybridized carbons (Fsp3) is 0.765. The molecule has 0 bridgehead atoms. The van der Waals surface area contributed by atoms with E-state index in [9.17, 15) is 0 Å². The van der Waals surface area contributed by atoms with E-state index in [4.69, 9.17) is 0 Å². The van der Waals surface area contributed by atoms with Crippen molar-refractivity contribution < 1.29 is 0 Å². The van der Waals surface area contributed by atoms with Crippen LogP contribution < -0.4 is 0 Å². The van der Waals surface area contributed by atoms with Crippen LogP contribution in [0.4, 0.5) is 0 Å². The highest BCUT2D eigenvalue weighted by Crippen LogP contribution is 2.51. The van der Waals surface area contributed by atoms with Crippen LogP contribution >= 0.6 is 0 Å². The lowest BCUT2D eigenvalue weighted by molar-refractivity contribution is 0.0504. The van der Waals surface area contributed by atoms with Gasteiger partial charge in [-0.3, -0.25) is 0 Å². The highest BCUT2D eigenvalue weighted by atomic mass is 14.5. The standard InChI is InChI=1S/C17H20/c1-2-6-14-12(4-1)8-10-17-15-7-3-5-13(15)9-11-16(14)17/h12-17H,1-2,4,6-8,10H2/t12?,13-,14-,15+,16+,17-/m0/s1. The number of hydrogen-bond acceptors (Lipinski definition) is 0. The topological polar surface area (TPSA) is 0 Å². The molecule has 0 amide bonds. The van der Waals surface area contributed by atoms with Gasteiger partial charge in [0.2, 0.25) is 0 Å². The third-order valence-electron chi connectivity index (χ3n) is 5.74. The summed E-state index contributed by atoms with van der Waals surface area (Å²) < 4.78 is 0. The lowest BCUT2D eigenvalue weighted by Gasteiger charge is -2.47. The quantitative estimate of drug-likeness (QED) is 0.553. The van der Waals surface area contributed by atoms with Gasteiger partial charge in [-0.1, -0.05) is 37.0 Å². The Morgan fingerprint density at radius 3 is 2.65 bits per heavy atom. The zero-order valence-electron chi connectivity index (χ0n) is 10.4. The molecule has 4 rings (SSSR count). The molecule has 1 unspecified atom stereocenters. The Hall–Kier alpha value is -0.880. The van der Waals surface area contributed by atoms with Crippen molar-refractivity contribution in [2.24, 2.45) is 35.5 Å². The minimum Gasteiger partial charge on any atom is -0.102 e. The molecule has 0 saturated heterocycles. The number of fused-ring (bicyclic) bond motifs is 5. The van der Waals surface area contributed by atoms with Crippen LogP contribution in [0.15, 0.2) is 0 Å². The average molecular weight is 224 g/mol. The SMILES string of the molecule is C1#C[C@H]2C#C[C@H]3[C@@H](CCC4CCCC[C@@H]43)[C@@H]2C1. The smallest absolute Gasteiger partial charge is 0.0851 e. The molecule has 0 nitrogen and oxygen atoms in total. The van der Waals surface area contributed by atoms with E-state index in [0.717, 1.165) is 36.0 Å². The summed E-state index contributed by atoms with van der Waals surface area (Å²) in [6, 6.07) is 0. The van der Waals surface area contributed by atoms with Crippen molar-refractivity contribution >= 4 is 0 Å². The molecule has 6 atom stereocenters. The van der Waals surface area contributed by atoms with Crippen LogP contribution in [0.1, 0.15) is 44.9 Å². The van der Waals surface area contributed by atoms with E-state index in [0.29, 0.717) is 5.92 Å². The molecule has 0 N–H and O–H groups in total. The fourth-order valence-corrected chi connectivity index (χ4v) is 4.90. The van der Waals surface area contributed by atoms with Crippen molar-refractivity contribution in [3.63, 3.8) is 0 Å². The molecule has 0 aromatic carbocycles. The molecule has 2 saturated carbocycles. The van der Waals surface area contributed by atoms with Gasteiger partial charge in [0.05, 0.1) is 5.92 Å². The van der Waals surface area contributed by atoms with Crippen LogP contribution in [-0.2, 0) is 0 Å². The largest absolute Gasteiger partial charge is 0.102 e. The highest BCUT2D eigenvalue weighted by Gasteiger charge is 2.46. The molecule has 0 heteroatoms. The predicted octanol–water partition coefficient (Wildman–Crippen LogP) is 3.48. The third-order valence-corrected chi connectivity index (χ3v) is 5.74. The Morgan fingerprint density at radius 1 is 0.706 bits per heavy atom. The summed E-state index contributed by atoms with van der Waals surface area (Å²) in [5, 5.41) is 0. The summed E-state index contributed by atoms with van der Waals surface area (Å²) in [6.45, 7) is 0. The average Bonchev–Trinajstić information content (AvgIpc) is 2.86. The van der Waals surface area contributed by atoms with E-state index in [2.05, 4.69) is 23.7 Å². The lowest BCUT2D eigenvalue weighted by Crippen LogP contribution is -2.41. The van der Waals surface area contributed by atoms with Crippen molar-refractivity contribution in [2.75, 3.05) is 0 Å². The molecule has 0 radical (unpaired) electrons. The molecule has 0 aliphatic heterocycles. The molecular formula is C17H20. The summed E-state index contributed by atoms with van der Waals surface area (Å²) in [7, 11) is 0. The summed E-state index contributed by atoms with van der Waals surface area (Å²) in [5.74, 6) is 18.6. The first kappa shape index (κ1) is 10.1. The van der Waals surface area contributed by atoms with Gasteiger partial charge in [-0.25, -0.2) is 0 Å². The van der Waals surface area contributed by atoms with E-state index < -0.39 is 0 Å². The third kappa shape index (κ3) is 1.47. The lowest BCUT2D eigenvalue weighted by atomic mass is 9.56. The summed E-state index contributed by atoms with van der Waals surface area (Å²) in [5.41, 5.74) is 0. The Kier molecular flexibility index (Phi) is 2.26. The second-order valence-electron chi connectivity index (χ2n) is 6.43. The van der Waals surface area contributed by atoms with Crippen LogP contribution in [0.3, 0.4) is 0 Å². The van der Waals surface area contributed by atoms with Crippen molar-refractivity contribution in [2.45, 2.75) is 44.9 Å². The van der Waals surface area contributed by atoms with Crippen molar-refractivity contribution in [3.8, 4) is 23.7 Å². The summed E-state index contributed by atoms with van der Waals surface area (Å²) >= 11 is 0. The second-order valence-corrected chi connectivity index (χ2v) is 6.43. The van der Waals surface area contributed by atoms with Crippen molar-refractivity contribution in [3.05, 3.63) is 0 Å². The Labute approximate surface area is 105 Å². The molecule has 0 aromatic heterocycles. The van der Waals surface area contributed by atoms with Gasteiger partial charge in [0, 0.05) is 12.3 Å². The Balaban J connectivity index is 1.65. The molecule has 4 aliphatic rings. The highest BCUT2D eigenvalue weighted by molar-refractivity contribution is 5.31. The van der Waals surface area contributed by atoms with E-state index >= 15 is 0 Å². The first-order chi connectivity index (χ1) is 8.43. The fourth-order valence-electron chi connectivity index (χ4n) is 4.90. The monoisotopic (exact) mass is 224 g/mol. The zero-order valence-corrected chi connectivity index (χ0v) is 10.4. The number of hydrogen-bond donors (Lipinski definition) is 0. The molecule has 0 spiro atoms. The zero-order chi connectivity index (χ0) is 11.2. The summed E-state index contributed by atoms with van der Waals surface area (Å²) in [6.07, 6.45) is 9.93. The van der Waals surface area contributed by atoms with Crippen LogP contribution in [0, 0.1) is 59.2 Å². The van der Waals surface area contributed by atoms with Crippen LogP contribution in [-0.4, -0.2) is 0 Å². The maximum absolute atomic E-state index is 3.64. The Bertz CT molecular complexity index is 438. The van der Waals surface area contributed by atoms with Gasteiger partial charge in [0.1, 0.15) is 0 Å². The van der Waals surface area contributed by atoms with E-state index in [1.165, 1.54) is 38.5 Å². The van der Waals surface area contributed by atoms with Gasteiger partial charge in [-0.15, -0.1) is 5.92 Å². The minimum absolute atomic E-state index is 0.441. The normalized spacial score (nSPS) is 49.9. The van der Waals surface area contributed by atoms with Gasteiger partial charge in [-0.05, 0) is 42.9 Å². The maximum atomic E-state index is 3.64. The molecule has 4 aliphatic carbocycles. The maximum Gasteiger partial charge on any atom is 0.0851 e. The predicted molar refractivity (Wildman–Crippen MR) is 68.8 cm³/mol. The molecular weight excluding hydrogens is 204 g/mol. The van der Waals surface area contributed by atoms with Gasteiger partial charge in [0.15, 0.2) is 0 Å². The van der Waals surface area contributed by atoms with E-state index in [-0.39, 0.29) is 0 Å². The van der Waals surface area contributed by atoms with E-state index in [1.54, 1.807) is 0 Å². The minimum atomic E-state index is 0.441. The molecule has 88 valence electrons. The second kappa shape index (κ2) is 3.81. The van der Waals surface area contributed by atoms with E-state index in [1.807, 2.05) is 0 Å². The van der Waals surface area contributed by atoms with Gasteiger partial charge < -0.3 is 0 Å². The first-order valence-corrected chi connectivity index (χ1v) is 7.43. The first-order valence-electron chi connectivity index (χ1n) is 7.43. The van der Waals surface area contributed by atoms with Crippen LogP contribution in [0.2, 0.25) is 0 Å². The van der Waals surface area contributed by atoms with Crippen LogP contribution in [0.25, 0.3) is 0 Å². The molecule has 2 fully saturated rings. The number of rotatable bonds is 0. The molecule has 17 heavy (non-hydrogen) atoms. The Morgan fingerprint density at radius 2 is 1.65 bits per heavy atom. The van der Waals surface area contributed by atoms with Gasteiger partial charge in [0.25, 0.3) is 0 Å². The van der Waals surface area contributed by atoms with Crippen molar-refractivity contribution in [1.29, 1.82) is 0 Å². The van der Waals surface area contributed by atoms with Gasteiger partial charge in [-0.2, -0.15) is 0 Å². The molecule has 0 aromatic rings. The molecule has 0 heterocycles. The van der Waals surface area contributed by atoms with Gasteiger partial charge >= 0.3 is 0 Å². The summed E-state index contributed by atoms with van der Waals surface area (Å²) in [4.78, 5) is 0. The van der Waals surface area contributed by atoms with Crippen LogP contribution in [0.5, 0.6) is 0 Å².